The summed E-state index contributed by atoms with van der Waals surface area (Å²) in [5.41, 5.74) is 3.17. The van der Waals surface area contributed by atoms with Gasteiger partial charge in [0.05, 0.1) is 38.8 Å². The van der Waals surface area contributed by atoms with Gasteiger partial charge in [-0.1, -0.05) is 107 Å². The predicted molar refractivity (Wildman–Crippen MR) is 177 cm³/mol. The largest absolute Gasteiger partial charge is 0.507 e. The molecule has 44 heavy (non-hydrogen) atoms. The molecule has 0 radical (unpaired) electrons. The molecule has 10 heteroatoms. The average Bonchev–Trinajstić information content (AvgIpc) is 2.84. The van der Waals surface area contributed by atoms with Crippen LogP contribution < -0.4 is 0 Å². The lowest BCUT2D eigenvalue weighted by Gasteiger charge is -2.29. The average molecular weight is 653 g/mol. The molecule has 0 saturated carbocycles. The van der Waals surface area contributed by atoms with Crippen molar-refractivity contribution in [1.29, 1.82) is 0 Å². The maximum absolute atomic E-state index is 13.9. The maximum atomic E-state index is 13.9. The van der Waals surface area contributed by atoms with Crippen LogP contribution in [-0.2, 0) is 61.2 Å². The first kappa shape index (κ1) is 36.8. The van der Waals surface area contributed by atoms with Gasteiger partial charge in [-0.3, -0.25) is 9.13 Å². The van der Waals surface area contributed by atoms with E-state index in [0.717, 1.165) is 33.4 Å². The van der Waals surface area contributed by atoms with Crippen molar-refractivity contribution in [2.24, 2.45) is 0 Å². The van der Waals surface area contributed by atoms with E-state index in [1.807, 2.05) is 107 Å². The molecule has 0 bridgehead atoms. The summed E-state index contributed by atoms with van der Waals surface area (Å²) in [5.74, 6) is 0.491. The van der Waals surface area contributed by atoms with E-state index in [9.17, 15) is 19.3 Å². The molecule has 1 saturated heterocycles. The zero-order valence-corrected chi connectivity index (χ0v) is 30.6. The molecule has 248 valence electrons. The van der Waals surface area contributed by atoms with Gasteiger partial charge in [-0.25, -0.2) is 0 Å². The molecule has 1 aliphatic rings. The molecular weight excluding hydrogens is 598 g/mol. The Kier molecular flexibility index (Phi) is 10.8. The molecule has 0 aliphatic carbocycles. The second kappa shape index (κ2) is 12.9. The number of phenolic OH excluding ortho intramolecular Hbond substituents is 2. The van der Waals surface area contributed by atoms with E-state index in [0.29, 0.717) is 0 Å². The zero-order chi connectivity index (χ0) is 33.5. The second-order valence-electron chi connectivity index (χ2n) is 16.0. The van der Waals surface area contributed by atoms with E-state index in [4.69, 9.17) is 18.1 Å². The van der Waals surface area contributed by atoms with Crippen molar-refractivity contribution in [3.05, 3.63) is 57.6 Å². The first-order valence-electron chi connectivity index (χ1n) is 15.3. The predicted octanol–water partition coefficient (Wildman–Crippen LogP) is 9.45. The molecule has 2 aromatic carbocycles. The van der Waals surface area contributed by atoms with Crippen LogP contribution in [0.15, 0.2) is 24.3 Å². The number of hydrogen-bond donors (Lipinski definition) is 2. The Hall–Kier alpha value is -1.66. The van der Waals surface area contributed by atoms with Crippen LogP contribution in [0.4, 0.5) is 0 Å². The van der Waals surface area contributed by atoms with Gasteiger partial charge in [0.15, 0.2) is 0 Å². The molecule has 3 rings (SSSR count). The molecule has 1 heterocycles. The summed E-state index contributed by atoms with van der Waals surface area (Å²) in [6.07, 6.45) is 0.0194. The van der Waals surface area contributed by atoms with Gasteiger partial charge in [0, 0.05) is 0 Å². The van der Waals surface area contributed by atoms with E-state index >= 15 is 0 Å². The Bertz CT molecular complexity index is 1240. The summed E-state index contributed by atoms with van der Waals surface area (Å²) < 4.78 is 51.0. The van der Waals surface area contributed by atoms with Crippen molar-refractivity contribution >= 4 is 15.2 Å². The molecule has 0 atom stereocenters. The Morgan fingerprint density at radius 2 is 0.705 bits per heavy atom. The Balaban J connectivity index is 1.83. The lowest BCUT2D eigenvalue weighted by Crippen LogP contribution is -2.19. The Morgan fingerprint density at radius 3 is 0.886 bits per heavy atom. The molecule has 0 spiro atoms. The molecule has 0 amide bonds. The molecule has 1 fully saturated rings. The van der Waals surface area contributed by atoms with Crippen LogP contribution in [0.1, 0.15) is 116 Å². The normalized spacial score (nSPS) is 23.0. The summed E-state index contributed by atoms with van der Waals surface area (Å²) >= 11 is 0. The third-order valence-corrected chi connectivity index (χ3v) is 11.5. The van der Waals surface area contributed by atoms with E-state index in [-0.39, 0.29) is 71.9 Å². The standard InChI is InChI=1S/C34H54O8P2/c1-31(2,3)25-17-23(18-26(29(25)35)32(4,5)6)21-43(37)39-13-15-41-44(38,42-16-14-40-43)22-24-19-27(33(7,8)9)30(36)28(20-24)34(10,11)12/h17-20,35-36H,13-16,21-22H2,1-12H3. The minimum Gasteiger partial charge on any atom is -0.507 e. The summed E-state index contributed by atoms with van der Waals surface area (Å²) in [5, 5.41) is 22.2. The van der Waals surface area contributed by atoms with E-state index in [1.165, 1.54) is 0 Å². The lowest BCUT2D eigenvalue weighted by atomic mass is 9.78. The van der Waals surface area contributed by atoms with Gasteiger partial charge in [-0.2, -0.15) is 0 Å². The van der Waals surface area contributed by atoms with Crippen LogP contribution in [0.5, 0.6) is 11.5 Å². The van der Waals surface area contributed by atoms with Gasteiger partial charge in [0.1, 0.15) is 11.5 Å². The number of benzene rings is 2. The smallest absolute Gasteiger partial charge is 0.335 e. The molecule has 1 aliphatic heterocycles. The lowest BCUT2D eigenvalue weighted by molar-refractivity contribution is 0.110. The van der Waals surface area contributed by atoms with Gasteiger partial charge in [-0.05, 0) is 55.0 Å². The van der Waals surface area contributed by atoms with Crippen molar-refractivity contribution in [3.8, 4) is 11.5 Å². The summed E-state index contributed by atoms with van der Waals surface area (Å²) in [6, 6.07) is 7.47. The van der Waals surface area contributed by atoms with Gasteiger partial charge in [0.25, 0.3) is 0 Å². The van der Waals surface area contributed by atoms with Crippen LogP contribution >= 0.6 is 15.2 Å². The number of hydrogen-bond acceptors (Lipinski definition) is 8. The Morgan fingerprint density at radius 1 is 0.500 bits per heavy atom. The van der Waals surface area contributed by atoms with E-state index < -0.39 is 15.2 Å². The van der Waals surface area contributed by atoms with Gasteiger partial charge >= 0.3 is 15.2 Å². The second-order valence-corrected chi connectivity index (χ2v) is 20.1. The minimum atomic E-state index is -3.64. The minimum absolute atomic E-state index is 0.00969. The molecule has 2 N–H and O–H groups in total. The summed E-state index contributed by atoms with van der Waals surface area (Å²) in [6.45, 7) is 23.9. The SMILES string of the molecule is CC(C)(C)c1cc(CP2(=O)OCCOP(=O)(Cc3cc(C(C)(C)C)c(O)c(C(C)(C)C)c3)OCCO2)cc(C(C)(C)C)c1O. The molecule has 0 aromatic heterocycles. The molecule has 8 nitrogen and oxygen atoms in total. The summed E-state index contributed by atoms with van der Waals surface area (Å²) in [7, 11) is -7.27. The fourth-order valence-electron chi connectivity index (χ4n) is 5.27. The van der Waals surface area contributed by atoms with E-state index in [1.54, 1.807) is 0 Å². The number of phenols is 2. The van der Waals surface area contributed by atoms with Crippen molar-refractivity contribution in [2.45, 2.75) is 117 Å². The molecule has 2 aromatic rings. The highest BCUT2D eigenvalue weighted by atomic mass is 31.2. The fraction of sp³-hybridized carbons (Fsp3) is 0.647. The third kappa shape index (κ3) is 9.21. The molecule has 0 unspecified atom stereocenters. The first-order chi connectivity index (χ1) is 19.8. The van der Waals surface area contributed by atoms with E-state index in [2.05, 4.69) is 0 Å². The van der Waals surface area contributed by atoms with Crippen molar-refractivity contribution in [2.75, 3.05) is 26.4 Å². The van der Waals surface area contributed by atoms with Crippen LogP contribution in [0.25, 0.3) is 0 Å². The Labute approximate surface area is 264 Å². The van der Waals surface area contributed by atoms with Gasteiger partial charge < -0.3 is 28.3 Å². The van der Waals surface area contributed by atoms with Crippen LogP contribution in [-0.4, -0.2) is 36.6 Å². The van der Waals surface area contributed by atoms with Crippen molar-refractivity contribution in [1.82, 2.24) is 0 Å². The highest BCUT2D eigenvalue weighted by Crippen LogP contribution is 2.56. The monoisotopic (exact) mass is 652 g/mol. The highest BCUT2D eigenvalue weighted by Gasteiger charge is 2.34. The van der Waals surface area contributed by atoms with Gasteiger partial charge in [-0.15, -0.1) is 0 Å². The molecular formula is C34H54O8P2. The topological polar surface area (TPSA) is 112 Å². The fourth-order valence-corrected chi connectivity index (χ4v) is 8.45. The van der Waals surface area contributed by atoms with Crippen LogP contribution in [0.2, 0.25) is 0 Å². The number of aromatic hydroxyl groups is 2. The van der Waals surface area contributed by atoms with Crippen LogP contribution in [0.3, 0.4) is 0 Å². The maximum Gasteiger partial charge on any atom is 0.335 e. The third-order valence-electron chi connectivity index (χ3n) is 7.64. The quantitative estimate of drug-likeness (QED) is 0.314. The summed E-state index contributed by atoms with van der Waals surface area (Å²) in [4.78, 5) is 0. The highest BCUT2D eigenvalue weighted by molar-refractivity contribution is 7.53. The van der Waals surface area contributed by atoms with Crippen molar-refractivity contribution in [3.63, 3.8) is 0 Å². The van der Waals surface area contributed by atoms with Gasteiger partial charge in [0.2, 0.25) is 0 Å². The van der Waals surface area contributed by atoms with Crippen LogP contribution in [0, 0.1) is 0 Å². The first-order valence-corrected chi connectivity index (χ1v) is 18.8. The number of rotatable bonds is 4. The zero-order valence-electron chi connectivity index (χ0n) is 28.8. The van der Waals surface area contributed by atoms with Crippen molar-refractivity contribution < 1.29 is 37.4 Å².